The van der Waals surface area contributed by atoms with E-state index in [-0.39, 0.29) is 6.04 Å². The smallest absolute Gasteiger partial charge is 0.207 e. The first-order valence-electron chi connectivity index (χ1n) is 7.66. The minimum Gasteiger partial charge on any atom is -0.207 e. The summed E-state index contributed by atoms with van der Waals surface area (Å²) in [6.45, 7) is 0.791. The van der Waals surface area contributed by atoms with Crippen molar-refractivity contribution in [2.45, 2.75) is 10.9 Å². The summed E-state index contributed by atoms with van der Waals surface area (Å²) in [5, 5.41) is 8.13. The largest absolute Gasteiger partial charge is 0.243 e. The van der Waals surface area contributed by atoms with E-state index in [2.05, 4.69) is 10.2 Å². The molecule has 1 aliphatic heterocycles. The molecular weight excluding hydrogens is 324 g/mol. The Labute approximate surface area is 140 Å². The SMILES string of the molecule is O=S(=O)(c1cccc(-c2ccccc2)c1)N1CC(n2nccn2)C1. The van der Waals surface area contributed by atoms with Crippen molar-refractivity contribution in [2.75, 3.05) is 13.1 Å². The van der Waals surface area contributed by atoms with Crippen LogP contribution in [-0.4, -0.2) is 40.8 Å². The zero-order chi connectivity index (χ0) is 16.6. The molecule has 4 rings (SSSR count). The molecule has 0 radical (unpaired) electrons. The van der Waals surface area contributed by atoms with Gasteiger partial charge in [0.05, 0.1) is 23.3 Å². The summed E-state index contributed by atoms with van der Waals surface area (Å²) in [5.41, 5.74) is 1.89. The maximum Gasteiger partial charge on any atom is 0.243 e. The number of rotatable bonds is 4. The lowest BCUT2D eigenvalue weighted by Gasteiger charge is -2.37. The quantitative estimate of drug-likeness (QED) is 0.730. The monoisotopic (exact) mass is 340 g/mol. The van der Waals surface area contributed by atoms with Gasteiger partial charge in [0.1, 0.15) is 0 Å². The van der Waals surface area contributed by atoms with Gasteiger partial charge in [0.15, 0.2) is 0 Å². The molecule has 0 spiro atoms. The number of hydrogen-bond acceptors (Lipinski definition) is 4. The molecular formula is C17H16N4O2S. The second kappa shape index (κ2) is 5.85. The van der Waals surface area contributed by atoms with Gasteiger partial charge in [-0.3, -0.25) is 0 Å². The first-order chi connectivity index (χ1) is 11.6. The zero-order valence-electron chi connectivity index (χ0n) is 12.9. The van der Waals surface area contributed by atoms with E-state index in [0.29, 0.717) is 18.0 Å². The van der Waals surface area contributed by atoms with Crippen molar-refractivity contribution < 1.29 is 8.42 Å². The molecule has 0 unspecified atom stereocenters. The lowest BCUT2D eigenvalue weighted by molar-refractivity contribution is 0.175. The Hall–Kier alpha value is -2.51. The fourth-order valence-electron chi connectivity index (χ4n) is 2.79. The Morgan fingerprint density at radius 1 is 0.875 bits per heavy atom. The molecule has 6 nitrogen and oxygen atoms in total. The molecule has 1 fully saturated rings. The summed E-state index contributed by atoms with van der Waals surface area (Å²) in [6.07, 6.45) is 3.20. The molecule has 0 aliphatic carbocycles. The molecule has 1 aromatic heterocycles. The molecule has 1 saturated heterocycles. The third-order valence-electron chi connectivity index (χ3n) is 4.17. The van der Waals surface area contributed by atoms with Gasteiger partial charge >= 0.3 is 0 Å². The van der Waals surface area contributed by atoms with Crippen LogP contribution >= 0.6 is 0 Å². The topological polar surface area (TPSA) is 68.1 Å². The lowest BCUT2D eigenvalue weighted by Crippen LogP contribution is -2.51. The van der Waals surface area contributed by atoms with E-state index in [1.54, 1.807) is 35.4 Å². The van der Waals surface area contributed by atoms with Crippen LogP contribution in [0.1, 0.15) is 6.04 Å². The molecule has 1 aliphatic rings. The molecule has 24 heavy (non-hydrogen) atoms. The molecule has 0 N–H and O–H groups in total. The molecule has 3 aromatic rings. The number of benzene rings is 2. The van der Waals surface area contributed by atoms with Gasteiger partial charge in [-0.1, -0.05) is 42.5 Å². The molecule has 0 atom stereocenters. The third kappa shape index (κ3) is 2.61. The maximum absolute atomic E-state index is 12.8. The molecule has 0 saturated carbocycles. The predicted molar refractivity (Wildman–Crippen MR) is 89.7 cm³/mol. The lowest BCUT2D eigenvalue weighted by atomic mass is 10.1. The minimum atomic E-state index is -3.49. The molecule has 7 heteroatoms. The summed E-state index contributed by atoms with van der Waals surface area (Å²) in [7, 11) is -3.49. The van der Waals surface area contributed by atoms with Crippen LogP contribution in [0.15, 0.2) is 71.9 Å². The maximum atomic E-state index is 12.8. The number of aromatic nitrogens is 3. The van der Waals surface area contributed by atoms with Crippen molar-refractivity contribution in [1.29, 1.82) is 0 Å². The van der Waals surface area contributed by atoms with Gasteiger partial charge in [0.2, 0.25) is 10.0 Å². The average Bonchev–Trinajstić information content (AvgIpc) is 3.08. The van der Waals surface area contributed by atoms with Crippen LogP contribution in [0.2, 0.25) is 0 Å². The summed E-state index contributed by atoms with van der Waals surface area (Å²) >= 11 is 0. The van der Waals surface area contributed by atoms with Crippen molar-refractivity contribution >= 4 is 10.0 Å². The summed E-state index contributed by atoms with van der Waals surface area (Å²) in [4.78, 5) is 1.88. The van der Waals surface area contributed by atoms with Crippen molar-refractivity contribution in [3.8, 4) is 11.1 Å². The molecule has 0 amide bonds. The highest BCUT2D eigenvalue weighted by molar-refractivity contribution is 7.89. The van der Waals surface area contributed by atoms with Crippen molar-refractivity contribution in [3.05, 3.63) is 67.0 Å². The Kier molecular flexibility index (Phi) is 3.66. The zero-order valence-corrected chi connectivity index (χ0v) is 13.7. The van der Waals surface area contributed by atoms with Gasteiger partial charge in [-0.05, 0) is 23.3 Å². The molecule has 0 bridgehead atoms. The average molecular weight is 340 g/mol. The standard InChI is InChI=1S/C17H16N4O2S/c22-24(23,20-12-16(13-20)21-18-9-10-19-21)17-8-4-7-15(11-17)14-5-2-1-3-6-14/h1-11,16H,12-13H2. The van der Waals surface area contributed by atoms with E-state index < -0.39 is 10.0 Å². The molecule has 2 heterocycles. The second-order valence-electron chi connectivity index (χ2n) is 5.72. The van der Waals surface area contributed by atoms with Crippen LogP contribution in [0.3, 0.4) is 0 Å². The van der Waals surface area contributed by atoms with Crippen LogP contribution in [0.4, 0.5) is 0 Å². The Balaban J connectivity index is 1.57. The van der Waals surface area contributed by atoms with Crippen LogP contribution in [-0.2, 0) is 10.0 Å². The second-order valence-corrected chi connectivity index (χ2v) is 7.66. The van der Waals surface area contributed by atoms with Gasteiger partial charge in [0.25, 0.3) is 0 Å². The first kappa shape index (κ1) is 15.0. The van der Waals surface area contributed by atoms with E-state index in [1.165, 1.54) is 4.31 Å². The van der Waals surface area contributed by atoms with Gasteiger partial charge in [-0.15, -0.1) is 0 Å². The van der Waals surface area contributed by atoms with Gasteiger partial charge in [-0.2, -0.15) is 19.3 Å². The van der Waals surface area contributed by atoms with E-state index in [9.17, 15) is 8.42 Å². The fourth-order valence-corrected chi connectivity index (χ4v) is 4.35. The highest BCUT2D eigenvalue weighted by Gasteiger charge is 2.38. The summed E-state index contributed by atoms with van der Waals surface area (Å²) in [5.74, 6) is 0. The van der Waals surface area contributed by atoms with Crippen LogP contribution in [0.25, 0.3) is 11.1 Å². The minimum absolute atomic E-state index is 0.00656. The number of sulfonamides is 1. The van der Waals surface area contributed by atoms with Crippen molar-refractivity contribution in [2.24, 2.45) is 0 Å². The highest BCUT2D eigenvalue weighted by Crippen LogP contribution is 2.29. The van der Waals surface area contributed by atoms with Crippen LogP contribution in [0, 0.1) is 0 Å². The van der Waals surface area contributed by atoms with E-state index in [4.69, 9.17) is 0 Å². The molecule has 2 aromatic carbocycles. The fraction of sp³-hybridized carbons (Fsp3) is 0.176. The van der Waals surface area contributed by atoms with Gasteiger partial charge in [-0.25, -0.2) is 8.42 Å². The first-order valence-corrected chi connectivity index (χ1v) is 9.10. The number of hydrogen-bond donors (Lipinski definition) is 0. The predicted octanol–water partition coefficient (Wildman–Crippen LogP) is 2.19. The van der Waals surface area contributed by atoms with Crippen LogP contribution < -0.4 is 0 Å². The summed E-state index contributed by atoms with van der Waals surface area (Å²) < 4.78 is 27.0. The van der Waals surface area contributed by atoms with Gasteiger partial charge < -0.3 is 0 Å². The van der Waals surface area contributed by atoms with Crippen LogP contribution in [0.5, 0.6) is 0 Å². The van der Waals surface area contributed by atoms with Gasteiger partial charge in [0, 0.05) is 13.1 Å². The highest BCUT2D eigenvalue weighted by atomic mass is 32.2. The Morgan fingerprint density at radius 3 is 2.25 bits per heavy atom. The third-order valence-corrected chi connectivity index (χ3v) is 6.00. The number of nitrogens with zero attached hydrogens (tertiary/aromatic N) is 4. The van der Waals surface area contributed by atoms with Crippen molar-refractivity contribution in [1.82, 2.24) is 19.3 Å². The van der Waals surface area contributed by atoms with Crippen molar-refractivity contribution in [3.63, 3.8) is 0 Å². The Bertz CT molecular complexity index is 934. The van der Waals surface area contributed by atoms with E-state index >= 15 is 0 Å². The normalized spacial score (nSPS) is 16.0. The van der Waals surface area contributed by atoms with E-state index in [1.807, 2.05) is 36.4 Å². The molecule has 122 valence electrons. The van der Waals surface area contributed by atoms with E-state index in [0.717, 1.165) is 11.1 Å². The summed E-state index contributed by atoms with van der Waals surface area (Å²) in [6, 6.07) is 16.8. The Morgan fingerprint density at radius 2 is 1.54 bits per heavy atom.